The molecule has 0 spiro atoms. The molecule has 2 aromatic heterocycles. The van der Waals surface area contributed by atoms with Gasteiger partial charge < -0.3 is 0 Å². The summed E-state index contributed by atoms with van der Waals surface area (Å²) in [6.07, 6.45) is 5.21. The van der Waals surface area contributed by atoms with Gasteiger partial charge in [0.1, 0.15) is 5.82 Å². The quantitative estimate of drug-likeness (QED) is 0.688. The molecule has 0 bridgehead atoms. The van der Waals surface area contributed by atoms with Crippen LogP contribution in [0.2, 0.25) is 0 Å². The van der Waals surface area contributed by atoms with Crippen LogP contribution in [0.1, 0.15) is 0 Å². The third kappa shape index (κ3) is 1.88. The highest BCUT2D eigenvalue weighted by atomic mass is 19.1. The van der Waals surface area contributed by atoms with Crippen molar-refractivity contribution in [2.75, 3.05) is 0 Å². The van der Waals surface area contributed by atoms with Crippen LogP contribution >= 0.6 is 0 Å². The maximum Gasteiger partial charge on any atom is 0.123 e. The Morgan fingerprint density at radius 2 is 1.78 bits per heavy atom. The standard InChI is InChI=1S/C14H10FN3/c15-12-3-5-13(6-4-12)18-14(7-9-17-18)11-2-1-8-16-10-11/h1-10H. The van der Waals surface area contributed by atoms with Gasteiger partial charge in [0, 0.05) is 18.0 Å². The third-order valence-electron chi connectivity index (χ3n) is 2.67. The molecule has 0 radical (unpaired) electrons. The molecule has 1 aromatic carbocycles. The van der Waals surface area contributed by atoms with Crippen LogP contribution in [0, 0.1) is 5.82 Å². The Labute approximate surface area is 104 Å². The van der Waals surface area contributed by atoms with E-state index in [1.54, 1.807) is 35.4 Å². The van der Waals surface area contributed by atoms with E-state index in [0.29, 0.717) is 0 Å². The predicted molar refractivity (Wildman–Crippen MR) is 66.8 cm³/mol. The van der Waals surface area contributed by atoms with Crippen LogP contribution in [0.5, 0.6) is 0 Å². The molecular weight excluding hydrogens is 229 g/mol. The zero-order valence-electron chi connectivity index (χ0n) is 9.49. The molecule has 0 aliphatic carbocycles. The number of nitrogens with zero attached hydrogens (tertiary/aromatic N) is 3. The number of rotatable bonds is 2. The minimum Gasteiger partial charge on any atom is -0.264 e. The van der Waals surface area contributed by atoms with E-state index in [1.807, 2.05) is 18.2 Å². The lowest BCUT2D eigenvalue weighted by Crippen LogP contribution is -1.98. The van der Waals surface area contributed by atoms with Gasteiger partial charge in [0.2, 0.25) is 0 Å². The molecule has 3 aromatic rings. The maximum absolute atomic E-state index is 12.9. The minimum atomic E-state index is -0.256. The molecule has 88 valence electrons. The van der Waals surface area contributed by atoms with Crippen molar-refractivity contribution in [3.63, 3.8) is 0 Å². The van der Waals surface area contributed by atoms with E-state index in [4.69, 9.17) is 0 Å². The Morgan fingerprint density at radius 1 is 0.944 bits per heavy atom. The predicted octanol–water partition coefficient (Wildman–Crippen LogP) is 3.07. The number of pyridine rings is 1. The lowest BCUT2D eigenvalue weighted by Gasteiger charge is -2.07. The lowest BCUT2D eigenvalue weighted by molar-refractivity contribution is 0.627. The molecule has 0 N–H and O–H groups in total. The lowest BCUT2D eigenvalue weighted by atomic mass is 10.2. The zero-order chi connectivity index (χ0) is 12.4. The van der Waals surface area contributed by atoms with Gasteiger partial charge in [-0.1, -0.05) is 0 Å². The highest BCUT2D eigenvalue weighted by Gasteiger charge is 2.07. The first-order valence-corrected chi connectivity index (χ1v) is 5.55. The van der Waals surface area contributed by atoms with Crippen molar-refractivity contribution >= 4 is 0 Å². The van der Waals surface area contributed by atoms with Crippen LogP contribution < -0.4 is 0 Å². The summed E-state index contributed by atoms with van der Waals surface area (Å²) in [5.41, 5.74) is 2.72. The molecule has 0 saturated heterocycles. The summed E-state index contributed by atoms with van der Waals surface area (Å²) in [5, 5.41) is 4.26. The Morgan fingerprint density at radius 3 is 2.50 bits per heavy atom. The van der Waals surface area contributed by atoms with E-state index < -0.39 is 0 Å². The van der Waals surface area contributed by atoms with Crippen LogP contribution in [0.25, 0.3) is 16.9 Å². The number of benzene rings is 1. The van der Waals surface area contributed by atoms with Crippen LogP contribution in [-0.2, 0) is 0 Å². The van der Waals surface area contributed by atoms with Crippen LogP contribution in [0.4, 0.5) is 4.39 Å². The second-order valence-electron chi connectivity index (χ2n) is 3.85. The molecule has 0 aliphatic rings. The number of hydrogen-bond acceptors (Lipinski definition) is 2. The second-order valence-corrected chi connectivity index (χ2v) is 3.85. The number of aromatic nitrogens is 3. The van der Waals surface area contributed by atoms with Crippen molar-refractivity contribution in [1.29, 1.82) is 0 Å². The summed E-state index contributed by atoms with van der Waals surface area (Å²) in [6.45, 7) is 0. The van der Waals surface area contributed by atoms with Gasteiger partial charge >= 0.3 is 0 Å². The fourth-order valence-corrected chi connectivity index (χ4v) is 1.82. The highest BCUT2D eigenvalue weighted by molar-refractivity contribution is 5.60. The van der Waals surface area contributed by atoms with Gasteiger partial charge in [0.25, 0.3) is 0 Å². The maximum atomic E-state index is 12.9. The molecular formula is C14H10FN3. The van der Waals surface area contributed by atoms with Crippen molar-refractivity contribution in [1.82, 2.24) is 14.8 Å². The summed E-state index contributed by atoms with van der Waals surface area (Å²) in [7, 11) is 0. The van der Waals surface area contributed by atoms with Gasteiger partial charge in [-0.15, -0.1) is 0 Å². The van der Waals surface area contributed by atoms with Crippen LogP contribution in [0.15, 0.2) is 61.1 Å². The van der Waals surface area contributed by atoms with Gasteiger partial charge in [-0.2, -0.15) is 5.10 Å². The molecule has 0 fully saturated rings. The van der Waals surface area contributed by atoms with E-state index in [0.717, 1.165) is 16.9 Å². The van der Waals surface area contributed by atoms with Gasteiger partial charge in [0.05, 0.1) is 17.6 Å². The average Bonchev–Trinajstić information content (AvgIpc) is 2.90. The molecule has 2 heterocycles. The van der Waals surface area contributed by atoms with Crippen molar-refractivity contribution in [3.8, 4) is 16.9 Å². The third-order valence-corrected chi connectivity index (χ3v) is 2.67. The van der Waals surface area contributed by atoms with Crippen molar-refractivity contribution in [2.24, 2.45) is 0 Å². The van der Waals surface area contributed by atoms with Crippen molar-refractivity contribution < 1.29 is 4.39 Å². The summed E-state index contributed by atoms with van der Waals surface area (Å²) in [5.74, 6) is -0.256. The summed E-state index contributed by atoms with van der Waals surface area (Å²) in [4.78, 5) is 4.09. The summed E-state index contributed by atoms with van der Waals surface area (Å²) >= 11 is 0. The van der Waals surface area contributed by atoms with E-state index >= 15 is 0 Å². The Hall–Kier alpha value is -2.49. The highest BCUT2D eigenvalue weighted by Crippen LogP contribution is 2.21. The molecule has 0 saturated carbocycles. The SMILES string of the molecule is Fc1ccc(-n2nccc2-c2cccnc2)cc1. The Balaban J connectivity index is 2.10. The molecule has 0 amide bonds. The molecule has 4 heteroatoms. The van der Waals surface area contributed by atoms with Gasteiger partial charge in [0.15, 0.2) is 0 Å². The van der Waals surface area contributed by atoms with Crippen molar-refractivity contribution in [2.45, 2.75) is 0 Å². The van der Waals surface area contributed by atoms with Gasteiger partial charge in [-0.25, -0.2) is 9.07 Å². The molecule has 0 unspecified atom stereocenters. The van der Waals surface area contributed by atoms with Crippen LogP contribution in [0.3, 0.4) is 0 Å². The fourth-order valence-electron chi connectivity index (χ4n) is 1.82. The molecule has 0 atom stereocenters. The molecule has 0 aliphatic heterocycles. The largest absolute Gasteiger partial charge is 0.264 e. The average molecular weight is 239 g/mol. The molecule has 3 rings (SSSR count). The Bertz CT molecular complexity index is 644. The first-order chi connectivity index (χ1) is 8.84. The van der Waals surface area contributed by atoms with Crippen LogP contribution in [-0.4, -0.2) is 14.8 Å². The van der Waals surface area contributed by atoms with E-state index in [9.17, 15) is 4.39 Å². The zero-order valence-corrected chi connectivity index (χ0v) is 9.49. The smallest absolute Gasteiger partial charge is 0.123 e. The Kier molecular flexibility index (Phi) is 2.61. The number of hydrogen-bond donors (Lipinski definition) is 0. The topological polar surface area (TPSA) is 30.7 Å². The first kappa shape index (κ1) is 10.7. The van der Waals surface area contributed by atoms with Gasteiger partial charge in [-0.3, -0.25) is 4.98 Å². The second kappa shape index (κ2) is 4.41. The minimum absolute atomic E-state index is 0.256. The first-order valence-electron chi connectivity index (χ1n) is 5.55. The normalized spacial score (nSPS) is 10.5. The van der Waals surface area contributed by atoms with Crippen molar-refractivity contribution in [3.05, 3.63) is 66.9 Å². The number of halogens is 1. The molecule has 3 nitrogen and oxygen atoms in total. The molecule has 18 heavy (non-hydrogen) atoms. The van der Waals surface area contributed by atoms with E-state index in [1.165, 1.54) is 12.1 Å². The van der Waals surface area contributed by atoms with E-state index in [2.05, 4.69) is 10.1 Å². The van der Waals surface area contributed by atoms with Gasteiger partial charge in [-0.05, 0) is 42.5 Å². The van der Waals surface area contributed by atoms with E-state index in [-0.39, 0.29) is 5.82 Å². The fraction of sp³-hybridized carbons (Fsp3) is 0. The monoisotopic (exact) mass is 239 g/mol. The summed E-state index contributed by atoms with van der Waals surface area (Å²) in [6, 6.07) is 12.0. The summed E-state index contributed by atoms with van der Waals surface area (Å²) < 4.78 is 14.7.